The van der Waals surface area contributed by atoms with Gasteiger partial charge >= 0.3 is 5.97 Å². The van der Waals surface area contributed by atoms with Crippen LogP contribution in [0.2, 0.25) is 0 Å². The fourth-order valence-electron chi connectivity index (χ4n) is 5.78. The molecule has 0 bridgehead atoms. The number of carbonyl (C=O) groups is 1. The lowest BCUT2D eigenvalue weighted by Crippen LogP contribution is -2.40. The Labute approximate surface area is 289 Å². The molecule has 1 atom stereocenters. The number of benzene rings is 4. The van der Waals surface area contributed by atoms with Crippen molar-refractivity contribution >= 4 is 50.1 Å². The molecule has 246 valence electrons. The third-order valence-corrected chi connectivity index (χ3v) is 9.73. The van der Waals surface area contributed by atoms with E-state index in [0.29, 0.717) is 54.7 Å². The number of hydrogen-bond donors (Lipinski definition) is 0. The van der Waals surface area contributed by atoms with E-state index in [4.69, 9.17) is 23.7 Å². The van der Waals surface area contributed by atoms with E-state index in [1.807, 2.05) is 42.5 Å². The van der Waals surface area contributed by atoms with Crippen LogP contribution in [-0.2, 0) is 16.1 Å². The van der Waals surface area contributed by atoms with E-state index >= 15 is 0 Å². The first-order valence-electron chi connectivity index (χ1n) is 15.2. The van der Waals surface area contributed by atoms with Crippen LogP contribution in [0.25, 0.3) is 16.8 Å². The molecule has 48 heavy (non-hydrogen) atoms. The number of halogens is 1. The first-order chi connectivity index (χ1) is 23.3. The van der Waals surface area contributed by atoms with Crippen LogP contribution in [-0.4, -0.2) is 38.5 Å². The minimum Gasteiger partial charge on any atom is -0.493 e. The third kappa shape index (κ3) is 6.23. The summed E-state index contributed by atoms with van der Waals surface area (Å²) >= 11 is 4.87. The Morgan fingerprint density at radius 1 is 0.938 bits per heavy atom. The number of methoxy groups -OCH3 is 3. The van der Waals surface area contributed by atoms with Gasteiger partial charge in [-0.1, -0.05) is 75.8 Å². The summed E-state index contributed by atoms with van der Waals surface area (Å²) in [5.74, 6) is 1.51. The van der Waals surface area contributed by atoms with Gasteiger partial charge in [0.25, 0.3) is 5.56 Å². The van der Waals surface area contributed by atoms with Gasteiger partial charge in [-0.3, -0.25) is 9.36 Å². The summed E-state index contributed by atoms with van der Waals surface area (Å²) in [6.45, 7) is 4.01. The number of thiazole rings is 1. The maximum absolute atomic E-state index is 14.2. The van der Waals surface area contributed by atoms with Crippen molar-refractivity contribution in [1.82, 2.24) is 4.57 Å². The molecule has 0 saturated carbocycles. The number of allylic oxidation sites excluding steroid dienone is 1. The van der Waals surface area contributed by atoms with E-state index in [9.17, 15) is 9.59 Å². The van der Waals surface area contributed by atoms with E-state index in [1.165, 1.54) is 23.0 Å². The zero-order valence-corrected chi connectivity index (χ0v) is 29.4. The maximum Gasteiger partial charge on any atom is 0.338 e. The van der Waals surface area contributed by atoms with Crippen LogP contribution in [0.15, 0.2) is 98.3 Å². The van der Waals surface area contributed by atoms with Crippen LogP contribution in [0, 0.1) is 0 Å². The number of ether oxygens (including phenoxy) is 5. The number of esters is 1. The molecule has 2 heterocycles. The van der Waals surface area contributed by atoms with Crippen molar-refractivity contribution in [3.05, 3.63) is 125 Å². The molecular weight excluding hydrogens is 696 g/mol. The molecule has 1 aliphatic rings. The Bertz CT molecular complexity index is 2250. The Morgan fingerprint density at radius 2 is 1.65 bits per heavy atom. The molecule has 6 rings (SSSR count). The van der Waals surface area contributed by atoms with Gasteiger partial charge in [0.1, 0.15) is 6.61 Å². The highest BCUT2D eigenvalue weighted by molar-refractivity contribution is 9.10. The first kappa shape index (κ1) is 33.0. The van der Waals surface area contributed by atoms with E-state index in [0.717, 1.165) is 21.9 Å². The average Bonchev–Trinajstić information content (AvgIpc) is 3.40. The zero-order chi connectivity index (χ0) is 33.9. The van der Waals surface area contributed by atoms with Crippen molar-refractivity contribution in [3.8, 4) is 23.0 Å². The summed E-state index contributed by atoms with van der Waals surface area (Å²) in [4.78, 5) is 32.7. The Morgan fingerprint density at radius 3 is 2.40 bits per heavy atom. The van der Waals surface area contributed by atoms with Crippen LogP contribution in [0.5, 0.6) is 23.0 Å². The van der Waals surface area contributed by atoms with E-state index in [1.54, 1.807) is 46.3 Å². The predicted octanol–water partition coefficient (Wildman–Crippen LogP) is 6.32. The van der Waals surface area contributed by atoms with E-state index < -0.39 is 12.0 Å². The molecule has 11 heteroatoms. The van der Waals surface area contributed by atoms with E-state index in [2.05, 4.69) is 39.1 Å². The van der Waals surface area contributed by atoms with Gasteiger partial charge in [-0.05, 0) is 71.7 Å². The van der Waals surface area contributed by atoms with Gasteiger partial charge in [-0.25, -0.2) is 9.79 Å². The molecule has 5 aromatic rings. The molecular formula is C37H33BrN2O7S. The van der Waals surface area contributed by atoms with Gasteiger partial charge in [0, 0.05) is 4.47 Å². The zero-order valence-electron chi connectivity index (χ0n) is 27.0. The third-order valence-electron chi connectivity index (χ3n) is 8.06. The van der Waals surface area contributed by atoms with Crippen LogP contribution < -0.4 is 33.8 Å². The molecule has 0 spiro atoms. The number of fused-ring (bicyclic) bond motifs is 2. The molecule has 9 nitrogen and oxygen atoms in total. The highest BCUT2D eigenvalue weighted by Crippen LogP contribution is 2.41. The molecule has 4 aromatic carbocycles. The van der Waals surface area contributed by atoms with Crippen molar-refractivity contribution in [3.63, 3.8) is 0 Å². The molecule has 1 aliphatic heterocycles. The molecule has 0 aliphatic carbocycles. The Hall–Kier alpha value is -4.87. The lowest BCUT2D eigenvalue weighted by Gasteiger charge is -2.26. The van der Waals surface area contributed by atoms with Crippen molar-refractivity contribution in [2.45, 2.75) is 26.5 Å². The van der Waals surface area contributed by atoms with E-state index in [-0.39, 0.29) is 17.7 Å². The highest BCUT2D eigenvalue weighted by atomic mass is 79.9. The highest BCUT2D eigenvalue weighted by Gasteiger charge is 2.35. The van der Waals surface area contributed by atoms with Crippen molar-refractivity contribution in [2.75, 3.05) is 27.9 Å². The smallest absolute Gasteiger partial charge is 0.338 e. The molecule has 0 N–H and O–H groups in total. The van der Waals surface area contributed by atoms with Crippen LogP contribution in [0.1, 0.15) is 36.6 Å². The van der Waals surface area contributed by atoms with Gasteiger partial charge in [0.15, 0.2) is 27.8 Å². The van der Waals surface area contributed by atoms with Crippen LogP contribution in [0.3, 0.4) is 0 Å². The maximum atomic E-state index is 14.2. The monoisotopic (exact) mass is 728 g/mol. The SMILES string of the molecule is CCOC(=O)C1=C(C)N=c2s/c(=C\c3ccc(OCc4cccc5ccccc45)c(OC)c3)c(=O)n2[C@@H]1c1cc(OC)c(OC)cc1Br. The summed E-state index contributed by atoms with van der Waals surface area (Å²) in [6.07, 6.45) is 1.78. The molecule has 1 aromatic heterocycles. The lowest BCUT2D eigenvalue weighted by molar-refractivity contribution is -0.139. The lowest BCUT2D eigenvalue weighted by atomic mass is 9.95. The summed E-state index contributed by atoms with van der Waals surface area (Å²) in [7, 11) is 4.65. The van der Waals surface area contributed by atoms with Crippen LogP contribution >= 0.6 is 27.3 Å². The van der Waals surface area contributed by atoms with Gasteiger partial charge in [0.2, 0.25) is 0 Å². The number of carbonyl (C=O) groups excluding carboxylic acids is 1. The quantitative estimate of drug-likeness (QED) is 0.155. The van der Waals surface area contributed by atoms with Gasteiger partial charge in [-0.15, -0.1) is 0 Å². The molecule has 0 unspecified atom stereocenters. The van der Waals surface area contributed by atoms with Crippen molar-refractivity contribution < 1.29 is 28.5 Å². The number of hydrogen-bond acceptors (Lipinski definition) is 9. The van der Waals surface area contributed by atoms with Crippen molar-refractivity contribution in [1.29, 1.82) is 0 Å². The van der Waals surface area contributed by atoms with Gasteiger partial charge < -0.3 is 23.7 Å². The molecule has 0 amide bonds. The topological polar surface area (TPSA) is 97.6 Å². The first-order valence-corrected chi connectivity index (χ1v) is 16.8. The van der Waals surface area contributed by atoms with Gasteiger partial charge in [0.05, 0.1) is 49.8 Å². The fraction of sp³-hybridized carbons (Fsp3) is 0.216. The summed E-state index contributed by atoms with van der Waals surface area (Å²) < 4.78 is 31.0. The second-order valence-corrected chi connectivity index (χ2v) is 12.7. The minimum atomic E-state index is -0.837. The second-order valence-electron chi connectivity index (χ2n) is 10.9. The minimum absolute atomic E-state index is 0.170. The molecule has 0 radical (unpaired) electrons. The normalized spacial score (nSPS) is 14.4. The summed E-state index contributed by atoms with van der Waals surface area (Å²) in [6, 6.07) is 22.5. The second kappa shape index (κ2) is 14.1. The fourth-order valence-corrected chi connectivity index (χ4v) is 7.37. The Kier molecular flexibility index (Phi) is 9.70. The summed E-state index contributed by atoms with van der Waals surface area (Å²) in [5, 5.41) is 2.28. The number of nitrogens with zero attached hydrogens (tertiary/aromatic N) is 2. The average molecular weight is 730 g/mol. The summed E-state index contributed by atoms with van der Waals surface area (Å²) in [5.41, 5.74) is 2.83. The molecule has 0 saturated heterocycles. The number of aromatic nitrogens is 1. The largest absolute Gasteiger partial charge is 0.493 e. The predicted molar refractivity (Wildman–Crippen MR) is 189 cm³/mol. The standard InChI is InChI=1S/C37H33BrN2O7S/c1-6-46-36(42)33-21(2)39-37-40(34(33)26-18-30(44-4)31(45-5)19-27(26)38)35(41)32(48-37)17-22-14-15-28(29(16-22)43-3)47-20-24-12-9-11-23-10-7-8-13-25(23)24/h7-19,34H,6,20H2,1-5H3/b32-17-/t34-/m1/s1. The van der Waals surface area contributed by atoms with Crippen molar-refractivity contribution in [2.24, 2.45) is 4.99 Å². The molecule has 0 fully saturated rings. The van der Waals surface area contributed by atoms with Crippen LogP contribution in [0.4, 0.5) is 0 Å². The number of rotatable bonds is 10. The Balaban J connectivity index is 1.40. The van der Waals surface area contributed by atoms with Gasteiger partial charge in [-0.2, -0.15) is 0 Å².